The summed E-state index contributed by atoms with van der Waals surface area (Å²) in [5.41, 5.74) is 0.647. The molecule has 2 fully saturated rings. The van der Waals surface area contributed by atoms with Crippen molar-refractivity contribution in [3.8, 4) is 17.6 Å². The highest BCUT2D eigenvalue weighted by molar-refractivity contribution is 8.18. The van der Waals surface area contributed by atoms with Crippen LogP contribution in [-0.2, 0) is 9.59 Å². The van der Waals surface area contributed by atoms with Crippen LogP contribution < -0.4 is 9.47 Å². The van der Waals surface area contributed by atoms with Gasteiger partial charge in [-0.25, -0.2) is 0 Å². The van der Waals surface area contributed by atoms with Crippen LogP contribution in [0.25, 0.3) is 6.08 Å². The van der Waals surface area contributed by atoms with Crippen LogP contribution in [-0.4, -0.2) is 59.7 Å². The van der Waals surface area contributed by atoms with E-state index in [1.54, 1.807) is 29.2 Å². The molecule has 0 aliphatic carbocycles. The molecule has 0 atom stereocenters. The highest BCUT2D eigenvalue weighted by Gasteiger charge is 2.37. The Morgan fingerprint density at radius 1 is 1.24 bits per heavy atom. The second kappa shape index (κ2) is 9.47. The topological polar surface area (TPSA) is 99.9 Å². The Morgan fingerprint density at radius 2 is 2.00 bits per heavy atom. The third-order valence-corrected chi connectivity index (χ3v) is 5.39. The Morgan fingerprint density at radius 3 is 2.69 bits per heavy atom. The molecule has 3 amide bonds. The second-order valence-corrected chi connectivity index (χ2v) is 7.43. The maximum Gasteiger partial charge on any atom is 0.294 e. The number of nitriles is 1. The Kier molecular flexibility index (Phi) is 6.77. The molecule has 0 aromatic heterocycles. The molecule has 1 aromatic carbocycles. The number of nitrogens with zero attached hydrogens (tertiary/aromatic N) is 3. The molecule has 2 saturated heterocycles. The minimum Gasteiger partial charge on any atom is -0.490 e. The monoisotopic (exact) mass is 415 g/mol. The van der Waals surface area contributed by atoms with E-state index in [4.69, 9.17) is 14.7 Å². The number of carbonyl (C=O) groups excluding carboxylic acids is 3. The largest absolute Gasteiger partial charge is 0.490 e. The van der Waals surface area contributed by atoms with Crippen molar-refractivity contribution in [3.05, 3.63) is 28.7 Å². The van der Waals surface area contributed by atoms with Crippen LogP contribution in [0, 0.1) is 11.3 Å². The van der Waals surface area contributed by atoms with Crippen LogP contribution in [0.4, 0.5) is 4.79 Å². The number of ether oxygens (including phenoxy) is 2. The number of rotatable bonds is 7. The zero-order valence-corrected chi connectivity index (χ0v) is 16.9. The van der Waals surface area contributed by atoms with Crippen molar-refractivity contribution >= 4 is 34.9 Å². The molecule has 29 heavy (non-hydrogen) atoms. The van der Waals surface area contributed by atoms with Gasteiger partial charge < -0.3 is 14.4 Å². The molecule has 9 heteroatoms. The van der Waals surface area contributed by atoms with Crippen molar-refractivity contribution in [2.24, 2.45) is 0 Å². The molecular formula is C20H21N3O5S. The van der Waals surface area contributed by atoms with Gasteiger partial charge in [0.15, 0.2) is 18.1 Å². The number of imide groups is 1. The lowest BCUT2D eigenvalue weighted by Gasteiger charge is -2.18. The van der Waals surface area contributed by atoms with Gasteiger partial charge in [-0.15, -0.1) is 0 Å². The SMILES string of the molecule is CCOc1cc(/C=C2\SC(=O)N(CC(=O)N3CCCC3)C2=O)ccc1OCC#N. The maximum atomic E-state index is 12.6. The predicted octanol–water partition coefficient (Wildman–Crippen LogP) is 2.65. The van der Waals surface area contributed by atoms with E-state index in [0.717, 1.165) is 29.5 Å². The first-order chi connectivity index (χ1) is 14.0. The van der Waals surface area contributed by atoms with E-state index in [1.807, 2.05) is 13.0 Å². The lowest BCUT2D eigenvalue weighted by Crippen LogP contribution is -2.40. The molecule has 0 unspecified atom stereocenters. The Bertz CT molecular complexity index is 887. The zero-order chi connectivity index (χ0) is 20.8. The van der Waals surface area contributed by atoms with E-state index >= 15 is 0 Å². The summed E-state index contributed by atoms with van der Waals surface area (Å²) in [5, 5.41) is 8.22. The van der Waals surface area contributed by atoms with Crippen LogP contribution in [0.1, 0.15) is 25.3 Å². The van der Waals surface area contributed by atoms with Crippen LogP contribution in [0.5, 0.6) is 11.5 Å². The van der Waals surface area contributed by atoms with Crippen molar-refractivity contribution in [3.63, 3.8) is 0 Å². The summed E-state index contributed by atoms with van der Waals surface area (Å²) in [6.07, 6.45) is 3.48. The Balaban J connectivity index is 1.75. The number of benzene rings is 1. The fourth-order valence-corrected chi connectivity index (χ4v) is 3.94. The second-order valence-electron chi connectivity index (χ2n) is 6.44. The van der Waals surface area contributed by atoms with E-state index in [0.29, 0.717) is 36.8 Å². The third kappa shape index (κ3) is 4.90. The van der Waals surface area contributed by atoms with Crippen molar-refractivity contribution in [1.82, 2.24) is 9.80 Å². The van der Waals surface area contributed by atoms with Crippen LogP contribution in [0.3, 0.4) is 0 Å². The minimum absolute atomic E-state index is 0.108. The predicted molar refractivity (Wildman–Crippen MR) is 107 cm³/mol. The zero-order valence-electron chi connectivity index (χ0n) is 16.1. The smallest absolute Gasteiger partial charge is 0.294 e. The molecular weight excluding hydrogens is 394 g/mol. The van der Waals surface area contributed by atoms with Crippen LogP contribution in [0.15, 0.2) is 23.1 Å². The lowest BCUT2D eigenvalue weighted by molar-refractivity contribution is -0.135. The number of likely N-dealkylation sites (tertiary alicyclic amines) is 1. The number of amides is 3. The standard InChI is InChI=1S/C20H21N3O5S/c1-2-27-16-11-14(5-6-15(16)28-10-7-21)12-17-19(25)23(20(26)29-17)13-18(24)22-8-3-4-9-22/h5-6,11-12H,2-4,8-10,13H2,1H3/b17-12-. The van der Waals surface area contributed by atoms with Gasteiger partial charge in [0.25, 0.3) is 11.1 Å². The van der Waals surface area contributed by atoms with E-state index in [2.05, 4.69) is 0 Å². The highest BCUT2D eigenvalue weighted by Crippen LogP contribution is 2.34. The molecule has 1 aromatic rings. The van der Waals surface area contributed by atoms with E-state index in [1.165, 1.54) is 0 Å². The minimum atomic E-state index is -0.477. The van der Waals surface area contributed by atoms with Gasteiger partial charge in [0.1, 0.15) is 12.6 Å². The molecule has 0 radical (unpaired) electrons. The molecule has 0 bridgehead atoms. The molecule has 2 aliphatic heterocycles. The molecule has 2 heterocycles. The number of thioether (sulfide) groups is 1. The van der Waals surface area contributed by atoms with Crippen LogP contribution in [0.2, 0.25) is 0 Å². The number of hydrogen-bond acceptors (Lipinski definition) is 7. The molecule has 0 N–H and O–H groups in total. The number of carbonyl (C=O) groups is 3. The molecule has 152 valence electrons. The van der Waals surface area contributed by atoms with Crippen LogP contribution >= 0.6 is 11.8 Å². The number of hydrogen-bond donors (Lipinski definition) is 0. The Hall–Kier alpha value is -2.99. The van der Waals surface area contributed by atoms with Gasteiger partial charge in [0.2, 0.25) is 5.91 Å². The summed E-state index contributed by atoms with van der Waals surface area (Å²) in [6, 6.07) is 6.93. The summed E-state index contributed by atoms with van der Waals surface area (Å²) in [6.45, 7) is 3.23. The molecule has 8 nitrogen and oxygen atoms in total. The third-order valence-electron chi connectivity index (χ3n) is 4.48. The average Bonchev–Trinajstić information content (AvgIpc) is 3.33. The van der Waals surface area contributed by atoms with E-state index in [9.17, 15) is 14.4 Å². The summed E-state index contributed by atoms with van der Waals surface area (Å²) < 4.78 is 10.9. The Labute approximate surface area is 173 Å². The van der Waals surface area contributed by atoms with Gasteiger partial charge in [-0.2, -0.15) is 5.26 Å². The first kappa shape index (κ1) is 20.7. The summed E-state index contributed by atoms with van der Waals surface area (Å²) in [4.78, 5) is 40.1. The van der Waals surface area contributed by atoms with Gasteiger partial charge >= 0.3 is 0 Å². The molecule has 3 rings (SSSR count). The quantitative estimate of drug-likeness (QED) is 0.631. The molecule has 0 spiro atoms. The maximum absolute atomic E-state index is 12.6. The average molecular weight is 415 g/mol. The van der Waals surface area contributed by atoms with Gasteiger partial charge in [0.05, 0.1) is 11.5 Å². The highest BCUT2D eigenvalue weighted by atomic mass is 32.2. The van der Waals surface area contributed by atoms with Gasteiger partial charge in [0, 0.05) is 13.1 Å². The van der Waals surface area contributed by atoms with Gasteiger partial charge in [-0.05, 0) is 55.3 Å². The first-order valence-corrected chi connectivity index (χ1v) is 10.1. The molecule has 2 aliphatic rings. The van der Waals surface area contributed by atoms with E-state index in [-0.39, 0.29) is 24.0 Å². The van der Waals surface area contributed by atoms with Gasteiger partial charge in [-0.3, -0.25) is 19.3 Å². The van der Waals surface area contributed by atoms with E-state index < -0.39 is 11.1 Å². The lowest BCUT2D eigenvalue weighted by atomic mass is 10.2. The van der Waals surface area contributed by atoms with Crippen molar-refractivity contribution in [1.29, 1.82) is 5.26 Å². The van der Waals surface area contributed by atoms with Gasteiger partial charge in [-0.1, -0.05) is 6.07 Å². The van der Waals surface area contributed by atoms with Crippen molar-refractivity contribution in [2.45, 2.75) is 19.8 Å². The summed E-state index contributed by atoms with van der Waals surface area (Å²) in [7, 11) is 0. The summed E-state index contributed by atoms with van der Waals surface area (Å²) in [5.74, 6) is 0.189. The molecule has 0 saturated carbocycles. The first-order valence-electron chi connectivity index (χ1n) is 9.33. The normalized spacial score (nSPS) is 17.7. The fourth-order valence-electron chi connectivity index (χ4n) is 3.10. The fraction of sp³-hybridized carbons (Fsp3) is 0.400. The summed E-state index contributed by atoms with van der Waals surface area (Å²) >= 11 is 0.811. The van der Waals surface area contributed by atoms with Crippen molar-refractivity contribution in [2.75, 3.05) is 32.8 Å². The van der Waals surface area contributed by atoms with Crippen molar-refractivity contribution < 1.29 is 23.9 Å².